The minimum absolute atomic E-state index is 1.52. The lowest BCUT2D eigenvalue weighted by Gasteiger charge is -2.20. The summed E-state index contributed by atoms with van der Waals surface area (Å²) < 4.78 is 0. The van der Waals surface area contributed by atoms with Crippen molar-refractivity contribution in [3.05, 3.63) is 30.3 Å². The van der Waals surface area contributed by atoms with Gasteiger partial charge in [0.2, 0.25) is 0 Å². The molecule has 0 aromatic carbocycles. The van der Waals surface area contributed by atoms with Gasteiger partial charge in [0.1, 0.15) is 9.85 Å². The fourth-order valence-electron chi connectivity index (χ4n) is 0.713. The molecule has 12 heteroatoms. The predicted molar refractivity (Wildman–Crippen MR) is 38.0 cm³/mol. The summed E-state index contributed by atoms with van der Waals surface area (Å²) in [5.41, 5.74) is -4.13. The highest BCUT2D eigenvalue weighted by atomic mass is 16.7. The van der Waals surface area contributed by atoms with Gasteiger partial charge < -0.3 is 15.3 Å². The molecule has 0 spiro atoms. The Hall–Kier alpha value is -1.92. The summed E-state index contributed by atoms with van der Waals surface area (Å²) in [7, 11) is 0. The molecule has 0 aromatic rings. The van der Waals surface area contributed by atoms with E-state index in [1.807, 2.05) is 0 Å². The van der Waals surface area contributed by atoms with Crippen LogP contribution in [0.5, 0.6) is 0 Å². The monoisotopic (exact) mass is 227 g/mol. The van der Waals surface area contributed by atoms with Gasteiger partial charge in [-0.05, 0) is 0 Å². The molecule has 0 saturated carbocycles. The molecule has 0 radical (unpaired) electrons. The molecule has 0 aliphatic rings. The molecule has 3 N–H and O–H groups in total. The average molecular weight is 227 g/mol. The molecule has 86 valence electrons. The fourth-order valence-corrected chi connectivity index (χ4v) is 0.713. The van der Waals surface area contributed by atoms with E-state index in [-0.39, 0.29) is 0 Å². The zero-order valence-electron chi connectivity index (χ0n) is 6.84. The van der Waals surface area contributed by atoms with Crippen LogP contribution in [0.3, 0.4) is 0 Å². The zero-order valence-corrected chi connectivity index (χ0v) is 6.84. The molecular formula is C3H5N3O9. The van der Waals surface area contributed by atoms with E-state index in [0.717, 1.165) is 0 Å². The van der Waals surface area contributed by atoms with Gasteiger partial charge in [-0.3, -0.25) is 30.3 Å². The Morgan fingerprint density at radius 3 is 1.33 bits per heavy atom. The molecule has 0 atom stereocenters. The van der Waals surface area contributed by atoms with Gasteiger partial charge >= 0.3 is 18.2 Å². The van der Waals surface area contributed by atoms with Crippen molar-refractivity contribution in [3.63, 3.8) is 0 Å². The molecule has 0 fully saturated rings. The average Bonchev–Trinajstić information content (AvgIpc) is 1.95. The van der Waals surface area contributed by atoms with E-state index >= 15 is 0 Å². The van der Waals surface area contributed by atoms with Crippen LogP contribution in [0.2, 0.25) is 0 Å². The van der Waals surface area contributed by atoms with Crippen molar-refractivity contribution in [2.75, 3.05) is 6.54 Å². The van der Waals surface area contributed by atoms with Crippen molar-refractivity contribution in [3.8, 4) is 0 Å². The maximum Gasteiger partial charge on any atom is 0.598 e. The van der Waals surface area contributed by atoms with Crippen molar-refractivity contribution in [1.82, 2.24) is 0 Å². The highest BCUT2D eigenvalue weighted by Gasteiger charge is 2.77. The van der Waals surface area contributed by atoms with Crippen molar-refractivity contribution >= 4 is 0 Å². The third kappa shape index (κ3) is 2.12. The van der Waals surface area contributed by atoms with E-state index < -0.39 is 33.0 Å². The van der Waals surface area contributed by atoms with Crippen molar-refractivity contribution in [2.24, 2.45) is 0 Å². The Bertz CT molecular complexity index is 290. The number of nitro groups is 3. The molecule has 0 saturated heterocycles. The SMILES string of the molecule is O=[N+]([O-])CC([N+](=O)[O-])([N+](=O)[O-])C(O)(O)O. The summed E-state index contributed by atoms with van der Waals surface area (Å²) >= 11 is 0. The molecule has 0 bridgehead atoms. The summed E-state index contributed by atoms with van der Waals surface area (Å²) in [5.74, 6) is -4.45. The van der Waals surface area contributed by atoms with Gasteiger partial charge in [0, 0.05) is 4.92 Å². The van der Waals surface area contributed by atoms with E-state index in [1.165, 1.54) is 0 Å². The first kappa shape index (κ1) is 13.1. The van der Waals surface area contributed by atoms with Crippen LogP contribution in [0, 0.1) is 30.3 Å². The molecule has 0 aromatic heterocycles. The summed E-state index contributed by atoms with van der Waals surface area (Å²) in [6, 6.07) is 0. The lowest BCUT2D eigenvalue weighted by atomic mass is 10.1. The molecule has 0 aliphatic carbocycles. The van der Waals surface area contributed by atoms with Crippen LogP contribution >= 0.6 is 0 Å². The van der Waals surface area contributed by atoms with Crippen molar-refractivity contribution in [2.45, 2.75) is 11.6 Å². The quantitative estimate of drug-likeness (QED) is 0.251. The molecule has 15 heavy (non-hydrogen) atoms. The predicted octanol–water partition coefficient (Wildman–Crippen LogP) is -2.86. The van der Waals surface area contributed by atoms with Gasteiger partial charge in [-0.25, -0.2) is 0 Å². The molecular weight excluding hydrogens is 222 g/mol. The fraction of sp³-hybridized carbons (Fsp3) is 1.00. The second kappa shape index (κ2) is 3.68. The first-order valence-corrected chi connectivity index (χ1v) is 3.13. The Morgan fingerprint density at radius 2 is 1.27 bits per heavy atom. The maximum absolute atomic E-state index is 10.2. The van der Waals surface area contributed by atoms with Crippen LogP contribution in [0.4, 0.5) is 0 Å². The lowest BCUT2D eigenvalue weighted by molar-refractivity contribution is -0.860. The van der Waals surface area contributed by atoms with Crippen LogP contribution < -0.4 is 0 Å². The summed E-state index contributed by atoms with van der Waals surface area (Å²) in [6.45, 7) is -2.09. The first-order valence-electron chi connectivity index (χ1n) is 3.13. The van der Waals surface area contributed by atoms with Gasteiger partial charge in [0.25, 0.3) is 0 Å². The van der Waals surface area contributed by atoms with Crippen molar-refractivity contribution in [1.29, 1.82) is 0 Å². The molecule has 0 amide bonds. The van der Waals surface area contributed by atoms with Gasteiger partial charge in [0.15, 0.2) is 0 Å². The number of aliphatic hydroxyl groups is 3. The number of hydrogen-bond donors (Lipinski definition) is 3. The second-order valence-corrected chi connectivity index (χ2v) is 2.46. The van der Waals surface area contributed by atoms with Gasteiger partial charge in [0.05, 0.1) is 0 Å². The van der Waals surface area contributed by atoms with E-state index in [1.54, 1.807) is 0 Å². The Balaban J connectivity index is 5.60. The highest BCUT2D eigenvalue weighted by molar-refractivity contribution is 4.74. The molecule has 0 heterocycles. The van der Waals surface area contributed by atoms with Crippen LogP contribution in [0.25, 0.3) is 0 Å². The van der Waals surface area contributed by atoms with Crippen LogP contribution in [0.1, 0.15) is 0 Å². The zero-order chi connectivity index (χ0) is 12.4. The second-order valence-electron chi connectivity index (χ2n) is 2.46. The largest absolute Gasteiger partial charge is 0.598 e. The standard InChI is InChI=1S/C3H5N3O9/c7-3(8,9)2(5(12)13,6(14)15)1-4(10)11/h7-9H,1H2. The Labute approximate surface area is 79.8 Å². The van der Waals surface area contributed by atoms with Gasteiger partial charge in [-0.1, -0.05) is 0 Å². The third-order valence-electron chi connectivity index (χ3n) is 1.49. The van der Waals surface area contributed by atoms with Gasteiger partial charge in [-0.2, -0.15) is 0 Å². The topological polar surface area (TPSA) is 190 Å². The first-order chi connectivity index (χ1) is 6.55. The Morgan fingerprint density at radius 1 is 0.933 bits per heavy atom. The molecule has 0 rings (SSSR count). The van der Waals surface area contributed by atoms with Crippen LogP contribution in [-0.2, 0) is 0 Å². The molecule has 12 nitrogen and oxygen atoms in total. The minimum atomic E-state index is -4.45. The minimum Gasteiger partial charge on any atom is -0.331 e. The molecule has 0 aliphatic heterocycles. The lowest BCUT2D eigenvalue weighted by Crippen LogP contribution is -2.67. The normalized spacial score (nSPS) is 12.2. The smallest absolute Gasteiger partial charge is 0.331 e. The third-order valence-corrected chi connectivity index (χ3v) is 1.49. The Kier molecular flexibility index (Phi) is 3.21. The van der Waals surface area contributed by atoms with Crippen molar-refractivity contribution < 1.29 is 30.1 Å². The summed E-state index contributed by atoms with van der Waals surface area (Å²) in [5, 5.41) is 55.7. The maximum atomic E-state index is 10.2. The molecule has 0 unspecified atom stereocenters. The highest BCUT2D eigenvalue weighted by Crippen LogP contribution is 2.22. The van der Waals surface area contributed by atoms with E-state index in [4.69, 9.17) is 15.3 Å². The summed E-state index contributed by atoms with van der Waals surface area (Å²) in [4.78, 5) is 25.0. The van der Waals surface area contributed by atoms with Crippen LogP contribution in [0.15, 0.2) is 0 Å². The van der Waals surface area contributed by atoms with E-state index in [0.29, 0.717) is 0 Å². The van der Waals surface area contributed by atoms with Crippen LogP contribution in [-0.4, -0.2) is 48.3 Å². The van der Waals surface area contributed by atoms with E-state index in [2.05, 4.69) is 0 Å². The van der Waals surface area contributed by atoms with Gasteiger partial charge in [-0.15, -0.1) is 0 Å². The number of hydrogen-bond acceptors (Lipinski definition) is 9. The van der Waals surface area contributed by atoms with E-state index in [9.17, 15) is 30.3 Å². The summed E-state index contributed by atoms with van der Waals surface area (Å²) in [6.07, 6.45) is 0. The number of rotatable bonds is 5. The number of nitrogens with zero attached hydrogens (tertiary/aromatic N) is 3.